The molecule has 4 fully saturated rings. The second-order valence-corrected chi connectivity index (χ2v) is 23.3. The molecular weight excluding hydrogens is 854 g/mol. The van der Waals surface area contributed by atoms with E-state index in [1.165, 1.54) is 131 Å². The molecule has 3 aliphatic carbocycles. The Balaban J connectivity index is 0.00000160. The van der Waals surface area contributed by atoms with E-state index in [1.54, 1.807) is 0 Å². The van der Waals surface area contributed by atoms with Gasteiger partial charge in [0.25, 0.3) is 0 Å². The summed E-state index contributed by atoms with van der Waals surface area (Å²) in [5.41, 5.74) is 15.9. The number of aryl methyl sites for hydroxylation is 6. The molecule has 2 atom stereocenters. The Morgan fingerprint density at radius 1 is 0.685 bits per heavy atom. The monoisotopic (exact) mass is 912 g/mol. The average molecular weight is 914 g/mol. The van der Waals surface area contributed by atoms with Gasteiger partial charge in [-0.3, -0.25) is 0 Å². The number of nitrogens with zero attached hydrogens (tertiary/aromatic N) is 2. The summed E-state index contributed by atoms with van der Waals surface area (Å²) in [6, 6.07) is 20.3. The Labute approximate surface area is 353 Å². The van der Waals surface area contributed by atoms with Crippen molar-refractivity contribution < 1.29 is 15.1 Å². The number of benzene rings is 3. The summed E-state index contributed by atoms with van der Waals surface area (Å²) in [6.45, 7) is 15.4. The van der Waals surface area contributed by atoms with Crippen LogP contribution in [0.25, 0.3) is 6.08 Å². The zero-order valence-electron chi connectivity index (χ0n) is 33.1. The van der Waals surface area contributed by atoms with Gasteiger partial charge in [0.15, 0.2) is 0 Å². The molecule has 3 aromatic rings. The van der Waals surface area contributed by atoms with E-state index in [2.05, 4.69) is 112 Å². The standard InChI is InChI=1S/C46H59Cl2N2P.2ClH.Ru/c1-31-26-33(3)43(34(4)27-31)49-24-25-50(44-35(5)28-32(2)29-36(44)6)45(49)40-22-23-46(48,41(42(40)47)30-37-16-10-7-11-17-37)51(38-18-12-8-13-19-38)39-20-14-9-15-21-39;;;/h7,10-11,16-17,26-30,38-39,42H,8-9,12-15,18-25H2,1-6H3;2*1H;/q;;;+2/p-2. The number of alkyl halides is 2. The van der Waals surface area contributed by atoms with E-state index in [0.29, 0.717) is 0 Å². The van der Waals surface area contributed by atoms with Gasteiger partial charge in [-0.25, -0.2) is 0 Å². The number of halogens is 4. The Bertz CT molecular complexity index is 1680. The van der Waals surface area contributed by atoms with Gasteiger partial charge in [-0.1, -0.05) is 118 Å². The van der Waals surface area contributed by atoms with Gasteiger partial charge in [-0.2, -0.15) is 0 Å². The Hall–Kier alpha value is -1.05. The second-order valence-electron chi connectivity index (χ2n) is 16.3. The van der Waals surface area contributed by atoms with Crippen LogP contribution in [0, 0.1) is 41.5 Å². The Morgan fingerprint density at radius 2 is 1.11 bits per heavy atom. The molecule has 294 valence electrons. The van der Waals surface area contributed by atoms with Crippen molar-refractivity contribution in [1.29, 1.82) is 0 Å². The number of allylic oxidation sites excluding steroid dienone is 2. The van der Waals surface area contributed by atoms with Crippen molar-refractivity contribution in [2.24, 2.45) is 0 Å². The van der Waals surface area contributed by atoms with Crippen LogP contribution in [0.4, 0.5) is 11.4 Å². The molecule has 1 aliphatic heterocycles. The number of rotatable bonds is 6. The summed E-state index contributed by atoms with van der Waals surface area (Å²) in [5, 5.41) is -0.274. The van der Waals surface area contributed by atoms with Crippen molar-refractivity contribution in [3.63, 3.8) is 0 Å². The zero-order chi connectivity index (χ0) is 38.6. The maximum atomic E-state index is 8.46. The van der Waals surface area contributed by atoms with E-state index in [9.17, 15) is 0 Å². The molecule has 2 unspecified atom stereocenters. The predicted molar refractivity (Wildman–Crippen MR) is 237 cm³/mol. The van der Waals surface area contributed by atoms with Crippen LogP contribution < -0.4 is 9.80 Å². The Morgan fingerprint density at radius 3 is 1.54 bits per heavy atom. The first-order valence-corrected chi connectivity index (χ1v) is 26.9. The van der Waals surface area contributed by atoms with Gasteiger partial charge in [-0.15, -0.1) is 23.2 Å². The summed E-state index contributed by atoms with van der Waals surface area (Å²) in [4.78, 5) is 5.25. The second kappa shape index (κ2) is 19.1. The van der Waals surface area contributed by atoms with Gasteiger partial charge in [0.2, 0.25) is 0 Å². The molecule has 0 bridgehead atoms. The molecule has 1 saturated heterocycles. The van der Waals surface area contributed by atoms with Crippen LogP contribution in [0.1, 0.15) is 116 Å². The van der Waals surface area contributed by atoms with Gasteiger partial charge in [0.05, 0.1) is 9.99 Å². The third-order valence-corrected chi connectivity index (χ3v) is 17.8. The van der Waals surface area contributed by atoms with Crippen LogP contribution in [0.5, 0.6) is 0 Å². The van der Waals surface area contributed by atoms with Crippen molar-refractivity contribution >= 4 is 68.0 Å². The summed E-state index contributed by atoms with van der Waals surface area (Å²) >= 11 is 16.3. The van der Waals surface area contributed by atoms with Crippen molar-refractivity contribution in [3.8, 4) is 0 Å². The minimum atomic E-state index is -0.465. The average Bonchev–Trinajstić information content (AvgIpc) is 3.54. The first kappa shape index (κ1) is 42.6. The quantitative estimate of drug-likeness (QED) is 0.138. The minimum absolute atomic E-state index is 0.274. The fraction of sp³-hybridized carbons (Fsp3) is 0.522. The molecule has 8 heteroatoms. The fourth-order valence-corrected chi connectivity index (χ4v) is 16.6. The van der Waals surface area contributed by atoms with Gasteiger partial charge in [-0.05, 0) is 130 Å². The summed E-state index contributed by atoms with van der Waals surface area (Å²) in [7, 11) is 9.24. The molecule has 3 aromatic carbocycles. The van der Waals surface area contributed by atoms with Gasteiger partial charge in [0.1, 0.15) is 5.82 Å². The molecule has 2 nitrogen and oxygen atoms in total. The first-order valence-electron chi connectivity index (χ1n) is 20.2. The van der Waals surface area contributed by atoms with Crippen molar-refractivity contribution in [2.75, 3.05) is 22.9 Å². The van der Waals surface area contributed by atoms with Crippen molar-refractivity contribution in [2.45, 2.75) is 140 Å². The molecule has 0 amide bonds. The number of hydrogen-bond acceptors (Lipinski definition) is 2. The van der Waals surface area contributed by atoms with Crippen LogP contribution in [-0.4, -0.2) is 34.4 Å². The van der Waals surface area contributed by atoms with E-state index in [0.717, 1.165) is 37.2 Å². The van der Waals surface area contributed by atoms with Crippen molar-refractivity contribution in [3.05, 3.63) is 111 Å². The van der Waals surface area contributed by atoms with Gasteiger partial charge < -0.3 is 9.80 Å². The van der Waals surface area contributed by atoms with Gasteiger partial charge >= 0.3 is 34.5 Å². The molecule has 0 N–H and O–H groups in total. The summed E-state index contributed by atoms with van der Waals surface area (Å²) in [6.07, 6.45) is 17.9. The third-order valence-electron chi connectivity index (χ3n) is 12.4. The van der Waals surface area contributed by atoms with E-state index in [1.807, 2.05) is 0 Å². The third kappa shape index (κ3) is 9.14. The topological polar surface area (TPSA) is 6.48 Å². The van der Waals surface area contributed by atoms with Crippen LogP contribution >= 0.6 is 50.5 Å². The molecule has 7 rings (SSSR count). The molecule has 4 aliphatic rings. The fourth-order valence-electron chi connectivity index (χ4n) is 10.5. The van der Waals surface area contributed by atoms with E-state index in [4.69, 9.17) is 42.6 Å². The number of hydrogen-bond donors (Lipinski definition) is 0. The van der Waals surface area contributed by atoms with E-state index >= 15 is 0 Å². The maximum absolute atomic E-state index is 8.46. The molecule has 1 heterocycles. The van der Waals surface area contributed by atoms with Gasteiger partial charge in [0, 0.05) is 24.5 Å². The van der Waals surface area contributed by atoms with Crippen molar-refractivity contribution in [1.82, 2.24) is 0 Å². The summed E-state index contributed by atoms with van der Waals surface area (Å²) in [5.74, 6) is 1.29. The molecule has 0 radical (unpaired) electrons. The summed E-state index contributed by atoms with van der Waals surface area (Å²) < 4.78 is -0.398. The zero-order valence-corrected chi connectivity index (χ0v) is 38.8. The molecule has 54 heavy (non-hydrogen) atoms. The first-order chi connectivity index (χ1) is 26.0. The Kier molecular flexibility index (Phi) is 15.1. The molecule has 0 spiro atoms. The SMILES string of the molecule is Cc1cc(C)c(N2CCN(c3c(C)cc(C)cc3C)C2=C2CCC(Cl)(P(C3CCCCC3)C3CCCCC3)C(=Cc3ccccc3)C2Cl)c(C)c1.[Cl][Ru][Cl]. The van der Waals surface area contributed by atoms with Crippen LogP contribution in [0.3, 0.4) is 0 Å². The van der Waals surface area contributed by atoms with Crippen LogP contribution in [0.15, 0.2) is 71.6 Å². The molecule has 0 aromatic heterocycles. The van der Waals surface area contributed by atoms with E-state index < -0.39 is 12.5 Å². The number of anilines is 2. The normalized spacial score (nSPS) is 23.8. The predicted octanol–water partition coefficient (Wildman–Crippen LogP) is 15.0. The van der Waals surface area contributed by atoms with Crippen LogP contribution in [0.2, 0.25) is 0 Å². The van der Waals surface area contributed by atoms with E-state index in [-0.39, 0.29) is 20.5 Å². The van der Waals surface area contributed by atoms with Crippen LogP contribution in [-0.2, 0) is 15.1 Å². The molecule has 3 saturated carbocycles. The molecular formula is C46H59Cl4N2PRu.